The topological polar surface area (TPSA) is 71.5 Å². The first-order chi connectivity index (χ1) is 20.4. The molecule has 2 aliphatic carbocycles. The Morgan fingerprint density at radius 3 is 2.36 bits per heavy atom. The largest absolute Gasteiger partial charge is 0.508 e. The van der Waals surface area contributed by atoms with Crippen LogP contribution in [0.3, 0.4) is 0 Å². The average Bonchev–Trinajstić information content (AvgIpc) is 3.50. The lowest BCUT2D eigenvalue weighted by molar-refractivity contribution is -0.151. The summed E-state index contributed by atoms with van der Waals surface area (Å²) in [5.41, 5.74) is 3.24. The first-order valence-corrected chi connectivity index (χ1v) is 16.0. The number of likely N-dealkylation sites (tertiary alicyclic amines) is 1. The van der Waals surface area contributed by atoms with Gasteiger partial charge in [0.05, 0.1) is 26.2 Å². The molecule has 1 amide bonds. The number of carbonyl (C=O) groups is 1. The Morgan fingerprint density at radius 1 is 1.00 bits per heavy atom. The van der Waals surface area contributed by atoms with Crippen LogP contribution in [0, 0.1) is 5.92 Å². The minimum atomic E-state index is -0.432. The summed E-state index contributed by atoms with van der Waals surface area (Å²) in [6, 6.07) is 17.5. The van der Waals surface area contributed by atoms with E-state index in [2.05, 4.69) is 48.2 Å². The van der Waals surface area contributed by atoms with Gasteiger partial charge in [-0.1, -0.05) is 61.7 Å². The van der Waals surface area contributed by atoms with Gasteiger partial charge in [0.25, 0.3) is 0 Å². The van der Waals surface area contributed by atoms with Gasteiger partial charge in [-0.15, -0.1) is 0 Å². The van der Waals surface area contributed by atoms with Crippen molar-refractivity contribution in [2.75, 3.05) is 47.1 Å². The number of rotatable bonds is 15. The molecule has 3 fully saturated rings. The van der Waals surface area contributed by atoms with Gasteiger partial charge in [-0.3, -0.25) is 9.69 Å². The Hall–Kier alpha value is -2.45. The van der Waals surface area contributed by atoms with Crippen molar-refractivity contribution in [2.24, 2.45) is 5.92 Å². The molecule has 1 N–H and O–H groups in total. The quantitative estimate of drug-likeness (QED) is 0.222. The third-order valence-corrected chi connectivity index (χ3v) is 10.2. The first-order valence-electron chi connectivity index (χ1n) is 16.0. The Morgan fingerprint density at radius 2 is 1.71 bits per heavy atom. The molecular weight excluding hydrogens is 528 g/mol. The summed E-state index contributed by atoms with van der Waals surface area (Å²) in [7, 11) is 3.23. The second kappa shape index (κ2) is 14.3. The Kier molecular flexibility index (Phi) is 10.6. The first kappa shape index (κ1) is 31.0. The van der Waals surface area contributed by atoms with Crippen LogP contribution in [0.5, 0.6) is 5.75 Å². The second-order valence-electron chi connectivity index (χ2n) is 12.6. The van der Waals surface area contributed by atoms with E-state index in [0.717, 1.165) is 30.6 Å². The molecule has 5 rings (SSSR count). The standard InChI is InChI=1S/C35H50N2O5/c1-26(28-10-7-8-11-28)37(23-34(40-2)41-3)33(39)19-21-42-20-18-27-16-17-32(38)31(22-27)35(29-12-5-4-6-13-29)24-36(25-35)30-14-9-15-30/h4-6,12-13,16-17,22,26,28,30,34,38H,7-11,14-15,18-21,23-25H2,1-3H3/t26-/m1/s1. The van der Waals surface area contributed by atoms with Crippen LogP contribution in [-0.4, -0.2) is 86.3 Å². The smallest absolute Gasteiger partial charge is 0.225 e. The molecule has 1 aliphatic heterocycles. The average molecular weight is 579 g/mol. The number of hydrogen-bond acceptors (Lipinski definition) is 6. The summed E-state index contributed by atoms with van der Waals surface area (Å²) in [5.74, 6) is 0.985. The molecular formula is C35H50N2O5. The van der Waals surface area contributed by atoms with Crippen LogP contribution >= 0.6 is 0 Å². The zero-order valence-corrected chi connectivity index (χ0v) is 25.8. The summed E-state index contributed by atoms with van der Waals surface area (Å²) < 4.78 is 16.8. The molecule has 0 radical (unpaired) electrons. The second-order valence-corrected chi connectivity index (χ2v) is 12.6. The number of ether oxygens (including phenoxy) is 3. The van der Waals surface area contributed by atoms with E-state index >= 15 is 0 Å². The summed E-state index contributed by atoms with van der Waals surface area (Å²) in [4.78, 5) is 17.8. The van der Waals surface area contributed by atoms with Gasteiger partial charge >= 0.3 is 0 Å². The summed E-state index contributed by atoms with van der Waals surface area (Å²) in [5, 5.41) is 11.0. The van der Waals surface area contributed by atoms with Crippen molar-refractivity contribution in [2.45, 2.75) is 88.5 Å². The van der Waals surface area contributed by atoms with Crippen molar-refractivity contribution in [1.29, 1.82) is 0 Å². The molecule has 42 heavy (non-hydrogen) atoms. The number of hydrogen-bond donors (Lipinski definition) is 1. The van der Waals surface area contributed by atoms with Crippen LogP contribution in [0.1, 0.15) is 75.0 Å². The third-order valence-electron chi connectivity index (χ3n) is 10.2. The Bertz CT molecular complexity index is 1140. The molecule has 0 spiro atoms. The third kappa shape index (κ3) is 6.85. The fourth-order valence-corrected chi connectivity index (χ4v) is 7.24. The highest BCUT2D eigenvalue weighted by Crippen LogP contribution is 2.47. The SMILES string of the molecule is COC(CN(C(=O)CCOCCc1ccc(O)c(C2(c3ccccc3)CN(C3CCC3)C2)c1)[C@H](C)C1CCCC1)OC. The van der Waals surface area contributed by atoms with Crippen LogP contribution in [0.2, 0.25) is 0 Å². The molecule has 0 aromatic heterocycles. The summed E-state index contributed by atoms with van der Waals surface area (Å²) in [6.07, 6.45) is 9.35. The maximum Gasteiger partial charge on any atom is 0.225 e. The molecule has 1 heterocycles. The van der Waals surface area contributed by atoms with E-state index < -0.39 is 6.29 Å². The molecule has 0 bridgehead atoms. The van der Waals surface area contributed by atoms with E-state index in [1.807, 2.05) is 17.0 Å². The van der Waals surface area contributed by atoms with Crippen molar-refractivity contribution in [3.05, 3.63) is 65.2 Å². The molecule has 1 atom stereocenters. The fraction of sp³-hybridized carbons (Fsp3) is 0.629. The van der Waals surface area contributed by atoms with E-state index in [1.165, 1.54) is 50.5 Å². The zero-order valence-electron chi connectivity index (χ0n) is 25.8. The molecule has 230 valence electrons. The van der Waals surface area contributed by atoms with Gasteiger partial charge in [0.2, 0.25) is 5.91 Å². The summed E-state index contributed by atoms with van der Waals surface area (Å²) >= 11 is 0. The van der Waals surface area contributed by atoms with Crippen molar-refractivity contribution < 1.29 is 24.1 Å². The van der Waals surface area contributed by atoms with Crippen molar-refractivity contribution >= 4 is 5.91 Å². The number of nitrogens with zero attached hydrogens (tertiary/aromatic N) is 2. The minimum absolute atomic E-state index is 0.0891. The van der Waals surface area contributed by atoms with Gasteiger partial charge in [-0.2, -0.15) is 0 Å². The van der Waals surface area contributed by atoms with E-state index in [1.54, 1.807) is 14.2 Å². The molecule has 7 heteroatoms. The lowest BCUT2D eigenvalue weighted by atomic mass is 9.66. The number of carbonyl (C=O) groups excluding carboxylic acids is 1. The van der Waals surface area contributed by atoms with Gasteiger partial charge in [0.15, 0.2) is 6.29 Å². The van der Waals surface area contributed by atoms with Gasteiger partial charge in [0, 0.05) is 50.4 Å². The minimum Gasteiger partial charge on any atom is -0.508 e. The lowest BCUT2D eigenvalue weighted by Gasteiger charge is -2.56. The number of methoxy groups -OCH3 is 2. The zero-order chi connectivity index (χ0) is 29.5. The highest BCUT2D eigenvalue weighted by atomic mass is 16.7. The van der Waals surface area contributed by atoms with Crippen LogP contribution in [0.25, 0.3) is 0 Å². The molecule has 3 aliphatic rings. The van der Waals surface area contributed by atoms with E-state index in [9.17, 15) is 9.90 Å². The van der Waals surface area contributed by atoms with Gasteiger partial charge in [-0.05, 0) is 62.1 Å². The lowest BCUT2D eigenvalue weighted by Crippen LogP contribution is -2.64. The Labute approximate surface area is 252 Å². The fourth-order valence-electron chi connectivity index (χ4n) is 7.24. The van der Waals surface area contributed by atoms with Gasteiger partial charge < -0.3 is 24.2 Å². The highest BCUT2D eigenvalue weighted by Gasteiger charge is 2.50. The predicted octanol–water partition coefficient (Wildman–Crippen LogP) is 5.52. The van der Waals surface area contributed by atoms with Gasteiger partial charge in [-0.25, -0.2) is 0 Å². The highest BCUT2D eigenvalue weighted by molar-refractivity contribution is 5.76. The molecule has 0 unspecified atom stereocenters. The molecule has 2 aromatic rings. The maximum atomic E-state index is 13.3. The van der Waals surface area contributed by atoms with Gasteiger partial charge in [0.1, 0.15) is 5.75 Å². The molecule has 1 saturated heterocycles. The van der Waals surface area contributed by atoms with E-state index in [0.29, 0.717) is 43.9 Å². The number of benzene rings is 2. The number of amides is 1. The number of aromatic hydroxyl groups is 1. The van der Waals surface area contributed by atoms with Crippen molar-refractivity contribution in [3.8, 4) is 5.75 Å². The van der Waals surface area contributed by atoms with Crippen molar-refractivity contribution in [3.63, 3.8) is 0 Å². The van der Waals surface area contributed by atoms with Crippen molar-refractivity contribution in [1.82, 2.24) is 9.80 Å². The van der Waals surface area contributed by atoms with Crippen LogP contribution < -0.4 is 0 Å². The normalized spacial score (nSPS) is 19.9. The van der Waals surface area contributed by atoms with Crippen LogP contribution in [0.4, 0.5) is 0 Å². The molecule has 2 aromatic carbocycles. The molecule has 2 saturated carbocycles. The molecule has 7 nitrogen and oxygen atoms in total. The Balaban J connectivity index is 1.17. The number of phenolic OH excluding ortho intramolecular Hbond substituents is 1. The van der Waals surface area contributed by atoms with Crippen LogP contribution in [0.15, 0.2) is 48.5 Å². The monoisotopic (exact) mass is 578 g/mol. The van der Waals surface area contributed by atoms with E-state index in [-0.39, 0.29) is 17.4 Å². The predicted molar refractivity (Wildman–Crippen MR) is 165 cm³/mol. The summed E-state index contributed by atoms with van der Waals surface area (Å²) in [6.45, 7) is 5.39. The van der Waals surface area contributed by atoms with E-state index in [4.69, 9.17) is 14.2 Å². The maximum absolute atomic E-state index is 13.3. The van der Waals surface area contributed by atoms with Crippen LogP contribution in [-0.2, 0) is 30.8 Å². The number of phenols is 1.